The van der Waals surface area contributed by atoms with E-state index in [-0.39, 0.29) is 0 Å². The van der Waals surface area contributed by atoms with Crippen molar-refractivity contribution in [3.63, 3.8) is 0 Å². The van der Waals surface area contributed by atoms with Crippen LogP contribution in [0.4, 0.5) is 11.6 Å². The molecule has 6 nitrogen and oxygen atoms in total. The zero-order valence-electron chi connectivity index (χ0n) is 11.8. The number of hydrogen-bond acceptors (Lipinski definition) is 5. The largest absolute Gasteiger partial charge is 0.366 e. The Hall–Kier alpha value is -2.47. The fourth-order valence-electron chi connectivity index (χ4n) is 2.42. The van der Waals surface area contributed by atoms with Gasteiger partial charge < -0.3 is 16.0 Å². The molecule has 21 heavy (non-hydrogen) atoms. The number of carbonyl (C=O) groups is 1. The van der Waals surface area contributed by atoms with E-state index in [0.717, 1.165) is 25.2 Å². The molecule has 1 aliphatic rings. The third kappa shape index (κ3) is 3.00. The second-order valence-electron chi connectivity index (χ2n) is 5.26. The first-order valence-corrected chi connectivity index (χ1v) is 6.81. The highest BCUT2D eigenvalue weighted by Crippen LogP contribution is 2.23. The van der Waals surface area contributed by atoms with E-state index in [2.05, 4.69) is 39.4 Å². The van der Waals surface area contributed by atoms with E-state index in [9.17, 15) is 4.79 Å². The van der Waals surface area contributed by atoms with E-state index >= 15 is 0 Å². The Morgan fingerprint density at radius 3 is 2.76 bits per heavy atom. The minimum atomic E-state index is -0.529. The number of nitrogens with one attached hydrogen (secondary N) is 1. The van der Waals surface area contributed by atoms with Crippen LogP contribution in [0.2, 0.25) is 0 Å². The summed E-state index contributed by atoms with van der Waals surface area (Å²) in [7, 11) is 2.12. The lowest BCUT2D eigenvalue weighted by molar-refractivity contribution is 0.0999. The van der Waals surface area contributed by atoms with Crippen LogP contribution in [0.5, 0.6) is 0 Å². The first kappa shape index (κ1) is 13.5. The Morgan fingerprint density at radius 1 is 1.29 bits per heavy atom. The summed E-state index contributed by atoms with van der Waals surface area (Å²) in [5, 5.41) is 3.14. The number of amides is 1. The van der Waals surface area contributed by atoms with E-state index in [1.54, 1.807) is 0 Å². The number of anilines is 2. The second-order valence-corrected chi connectivity index (χ2v) is 5.26. The molecular weight excluding hydrogens is 266 g/mol. The lowest BCUT2D eigenvalue weighted by Gasteiger charge is -2.25. The maximum atomic E-state index is 11.0. The van der Waals surface area contributed by atoms with Gasteiger partial charge in [0.2, 0.25) is 5.95 Å². The van der Waals surface area contributed by atoms with Crippen molar-refractivity contribution in [1.82, 2.24) is 14.9 Å². The van der Waals surface area contributed by atoms with Crippen LogP contribution in [0.15, 0.2) is 30.6 Å². The van der Waals surface area contributed by atoms with Gasteiger partial charge in [-0.3, -0.25) is 4.79 Å². The monoisotopic (exact) mass is 283 g/mol. The van der Waals surface area contributed by atoms with Gasteiger partial charge in [-0.25, -0.2) is 9.97 Å². The first-order chi connectivity index (χ1) is 10.1. The average Bonchev–Trinajstić information content (AvgIpc) is 2.47. The minimum Gasteiger partial charge on any atom is -0.366 e. The zero-order valence-corrected chi connectivity index (χ0v) is 11.8. The topological polar surface area (TPSA) is 84.1 Å². The number of nitrogens with zero attached hydrogens (tertiary/aromatic N) is 3. The molecule has 0 radical (unpaired) electrons. The highest BCUT2D eigenvalue weighted by Gasteiger charge is 2.13. The summed E-state index contributed by atoms with van der Waals surface area (Å²) in [6.07, 6.45) is 3.92. The predicted molar refractivity (Wildman–Crippen MR) is 80.3 cm³/mol. The molecule has 108 valence electrons. The van der Waals surface area contributed by atoms with Gasteiger partial charge in [0.1, 0.15) is 0 Å². The lowest BCUT2D eigenvalue weighted by atomic mass is 9.99. The highest BCUT2D eigenvalue weighted by atomic mass is 16.1. The molecule has 0 saturated carbocycles. The molecule has 2 aromatic rings. The van der Waals surface area contributed by atoms with Gasteiger partial charge in [-0.15, -0.1) is 0 Å². The van der Waals surface area contributed by atoms with Crippen molar-refractivity contribution in [2.75, 3.05) is 18.9 Å². The van der Waals surface area contributed by atoms with Crippen LogP contribution < -0.4 is 11.1 Å². The summed E-state index contributed by atoms with van der Waals surface area (Å²) in [5.74, 6) is -0.0810. The Labute approximate surface area is 123 Å². The molecule has 1 aromatic heterocycles. The average molecular weight is 283 g/mol. The summed E-state index contributed by atoms with van der Waals surface area (Å²) in [6, 6.07) is 6.29. The first-order valence-electron chi connectivity index (χ1n) is 6.81. The van der Waals surface area contributed by atoms with E-state index in [1.807, 2.05) is 6.07 Å². The van der Waals surface area contributed by atoms with Crippen LogP contribution in [-0.4, -0.2) is 34.4 Å². The van der Waals surface area contributed by atoms with Crippen molar-refractivity contribution >= 4 is 17.5 Å². The van der Waals surface area contributed by atoms with Crippen molar-refractivity contribution in [2.24, 2.45) is 5.73 Å². The molecule has 0 atom stereocenters. The molecule has 1 aliphatic heterocycles. The number of rotatable bonds is 3. The van der Waals surface area contributed by atoms with Crippen molar-refractivity contribution in [3.8, 4) is 0 Å². The third-order valence-corrected chi connectivity index (χ3v) is 3.60. The number of hydrogen-bond donors (Lipinski definition) is 2. The smallest absolute Gasteiger partial charge is 0.251 e. The van der Waals surface area contributed by atoms with Gasteiger partial charge in [-0.2, -0.15) is 0 Å². The summed E-state index contributed by atoms with van der Waals surface area (Å²) < 4.78 is 0. The van der Waals surface area contributed by atoms with Crippen molar-refractivity contribution < 1.29 is 4.79 Å². The highest BCUT2D eigenvalue weighted by molar-refractivity contribution is 5.92. The number of nitrogens with two attached hydrogens (primary N) is 1. The molecule has 0 bridgehead atoms. The zero-order chi connectivity index (χ0) is 14.8. The maximum absolute atomic E-state index is 11.0. The normalized spacial score (nSPS) is 14.5. The van der Waals surface area contributed by atoms with Crippen LogP contribution in [0.25, 0.3) is 0 Å². The van der Waals surface area contributed by atoms with Gasteiger partial charge in [0.05, 0.1) is 5.56 Å². The molecule has 1 aromatic carbocycles. The SMILES string of the molecule is CN1CCc2ccc(Nc3ncc(C(N)=O)cn3)cc2C1. The molecule has 0 aliphatic carbocycles. The number of aromatic nitrogens is 2. The van der Waals surface area contributed by atoms with Crippen LogP contribution in [0, 0.1) is 0 Å². The molecular formula is C15H17N5O. The number of primary amides is 1. The molecule has 0 saturated heterocycles. The van der Waals surface area contributed by atoms with E-state index < -0.39 is 5.91 Å². The third-order valence-electron chi connectivity index (χ3n) is 3.60. The van der Waals surface area contributed by atoms with Gasteiger partial charge in [0.25, 0.3) is 5.91 Å². The quantitative estimate of drug-likeness (QED) is 0.887. The standard InChI is InChI=1S/C15H17N5O/c1-20-5-4-10-2-3-13(6-11(10)9-20)19-15-17-7-12(8-18-15)14(16)21/h2-3,6-8H,4-5,9H2,1H3,(H2,16,21)(H,17,18,19). The fraction of sp³-hybridized carbons (Fsp3) is 0.267. The number of carbonyl (C=O) groups excluding carboxylic acids is 1. The molecule has 3 rings (SSSR count). The molecule has 2 heterocycles. The number of likely N-dealkylation sites (N-methyl/N-ethyl adjacent to an activating group) is 1. The summed E-state index contributed by atoms with van der Waals surface area (Å²) in [5.41, 5.74) is 9.12. The fourth-order valence-corrected chi connectivity index (χ4v) is 2.42. The lowest BCUT2D eigenvalue weighted by Crippen LogP contribution is -2.26. The minimum absolute atomic E-state index is 0.299. The van der Waals surface area contributed by atoms with Gasteiger partial charge in [0, 0.05) is 31.2 Å². The summed E-state index contributed by atoms with van der Waals surface area (Å²) in [6.45, 7) is 2.05. The van der Waals surface area contributed by atoms with Crippen molar-refractivity contribution in [2.45, 2.75) is 13.0 Å². The number of benzene rings is 1. The van der Waals surface area contributed by atoms with Crippen molar-refractivity contribution in [3.05, 3.63) is 47.3 Å². The van der Waals surface area contributed by atoms with Crippen molar-refractivity contribution in [1.29, 1.82) is 0 Å². The molecule has 6 heteroatoms. The second kappa shape index (κ2) is 5.49. The molecule has 1 amide bonds. The maximum Gasteiger partial charge on any atom is 0.251 e. The molecule has 0 spiro atoms. The van der Waals surface area contributed by atoms with Crippen LogP contribution in [0.1, 0.15) is 21.5 Å². The van der Waals surface area contributed by atoms with Gasteiger partial charge in [-0.05, 0) is 36.7 Å². The Kier molecular flexibility index (Phi) is 3.53. The van der Waals surface area contributed by atoms with Gasteiger partial charge in [0.15, 0.2) is 0 Å². The molecule has 3 N–H and O–H groups in total. The van der Waals surface area contributed by atoms with E-state index in [4.69, 9.17) is 5.73 Å². The Balaban J connectivity index is 1.78. The van der Waals surface area contributed by atoms with Crippen LogP contribution in [0.3, 0.4) is 0 Å². The Bertz CT molecular complexity index is 668. The van der Waals surface area contributed by atoms with Crippen LogP contribution >= 0.6 is 0 Å². The number of fused-ring (bicyclic) bond motifs is 1. The van der Waals surface area contributed by atoms with E-state index in [1.165, 1.54) is 23.5 Å². The van der Waals surface area contributed by atoms with Gasteiger partial charge >= 0.3 is 0 Å². The predicted octanol–water partition coefficient (Wildman–Crippen LogP) is 1.31. The summed E-state index contributed by atoms with van der Waals surface area (Å²) >= 11 is 0. The van der Waals surface area contributed by atoms with Gasteiger partial charge in [-0.1, -0.05) is 6.07 Å². The van der Waals surface area contributed by atoms with Crippen LogP contribution in [-0.2, 0) is 13.0 Å². The summed E-state index contributed by atoms with van der Waals surface area (Å²) in [4.78, 5) is 21.5. The molecule has 0 fully saturated rings. The Morgan fingerprint density at radius 2 is 2.05 bits per heavy atom. The van der Waals surface area contributed by atoms with E-state index in [0.29, 0.717) is 11.5 Å². The molecule has 0 unspecified atom stereocenters.